The van der Waals surface area contributed by atoms with Crippen molar-refractivity contribution < 1.29 is 14.6 Å². The van der Waals surface area contributed by atoms with Crippen LogP contribution < -0.4 is 0 Å². The van der Waals surface area contributed by atoms with E-state index < -0.39 is 6.10 Å². The van der Waals surface area contributed by atoms with Crippen molar-refractivity contribution in [3.8, 4) is 0 Å². The van der Waals surface area contributed by atoms with Crippen LogP contribution in [-0.2, 0) is 4.74 Å². The van der Waals surface area contributed by atoms with Crippen molar-refractivity contribution in [3.05, 3.63) is 70.8 Å². The Bertz CT molecular complexity index is 743. The van der Waals surface area contributed by atoms with Gasteiger partial charge in [0, 0.05) is 0 Å². The Morgan fingerprint density at radius 2 is 1.59 bits per heavy atom. The molecule has 1 N–H and O–H groups in total. The van der Waals surface area contributed by atoms with Crippen LogP contribution >= 0.6 is 0 Å². The molecule has 2 bridgehead atoms. The van der Waals surface area contributed by atoms with Crippen LogP contribution in [0.1, 0.15) is 47.4 Å². The maximum atomic E-state index is 12.5. The van der Waals surface area contributed by atoms with E-state index in [-0.39, 0.29) is 18.2 Å². The summed E-state index contributed by atoms with van der Waals surface area (Å²) in [6.07, 6.45) is -1.11. The summed E-state index contributed by atoms with van der Waals surface area (Å²) >= 11 is 0. The minimum atomic E-state index is -0.736. The highest BCUT2D eigenvalue weighted by molar-refractivity contribution is 5.73. The average molecular weight is 295 g/mol. The number of hydrogen-bond donors (Lipinski definition) is 1. The van der Waals surface area contributed by atoms with E-state index in [9.17, 15) is 9.90 Å². The molecule has 2 aliphatic rings. The van der Waals surface area contributed by atoms with E-state index in [0.29, 0.717) is 6.61 Å². The fourth-order valence-electron chi connectivity index (χ4n) is 3.75. The van der Waals surface area contributed by atoms with E-state index in [4.69, 9.17) is 4.74 Å². The van der Waals surface area contributed by atoms with Gasteiger partial charge < -0.3 is 9.84 Å². The largest absolute Gasteiger partial charge is 0.450 e. The quantitative estimate of drug-likeness (QED) is 0.878. The number of benzene rings is 2. The molecule has 2 heterocycles. The summed E-state index contributed by atoms with van der Waals surface area (Å²) < 4.78 is 5.23. The topological polar surface area (TPSA) is 49.8 Å². The number of amides is 1. The number of hydrogen-bond acceptors (Lipinski definition) is 3. The van der Waals surface area contributed by atoms with E-state index in [0.717, 1.165) is 22.3 Å². The molecule has 0 fully saturated rings. The number of carbonyl (C=O) groups excluding carboxylic acids is 1. The van der Waals surface area contributed by atoms with Crippen molar-refractivity contribution in [3.63, 3.8) is 0 Å². The highest BCUT2D eigenvalue weighted by Gasteiger charge is 2.51. The van der Waals surface area contributed by atoms with Crippen LogP contribution in [0.25, 0.3) is 0 Å². The third kappa shape index (κ3) is 1.64. The van der Waals surface area contributed by atoms with Crippen molar-refractivity contribution in [2.75, 3.05) is 6.61 Å². The molecular weight excluding hydrogens is 278 g/mol. The molecule has 4 heteroatoms. The zero-order valence-corrected chi connectivity index (χ0v) is 12.3. The SMILES string of the molecule is CCOC(=O)N1C2c3ccccc3C1[C@H](O)c1ccccc12. The van der Waals surface area contributed by atoms with E-state index in [1.807, 2.05) is 48.5 Å². The molecule has 2 aromatic carbocycles. The normalized spacial score (nSPS) is 24.6. The van der Waals surface area contributed by atoms with Crippen LogP contribution in [0, 0.1) is 0 Å². The number of ether oxygens (including phenoxy) is 1. The van der Waals surface area contributed by atoms with Crippen LogP contribution in [-0.4, -0.2) is 22.7 Å². The molecule has 0 saturated carbocycles. The lowest BCUT2D eigenvalue weighted by Crippen LogP contribution is -2.40. The lowest BCUT2D eigenvalue weighted by molar-refractivity contribution is 0.0198. The maximum Gasteiger partial charge on any atom is 0.411 e. The summed E-state index contributed by atoms with van der Waals surface area (Å²) in [5.74, 6) is 0. The molecule has 3 atom stereocenters. The van der Waals surface area contributed by atoms with Gasteiger partial charge in [0.2, 0.25) is 0 Å². The van der Waals surface area contributed by atoms with Gasteiger partial charge in [0.15, 0.2) is 0 Å². The molecule has 2 aliphatic heterocycles. The molecule has 22 heavy (non-hydrogen) atoms. The van der Waals surface area contributed by atoms with Crippen LogP contribution in [0.5, 0.6) is 0 Å². The fourth-order valence-corrected chi connectivity index (χ4v) is 3.75. The van der Waals surface area contributed by atoms with Gasteiger partial charge in [-0.2, -0.15) is 0 Å². The molecule has 2 unspecified atom stereocenters. The number of carbonyl (C=O) groups is 1. The Morgan fingerprint density at radius 1 is 1.05 bits per heavy atom. The van der Waals surface area contributed by atoms with Gasteiger partial charge in [-0.25, -0.2) is 4.79 Å². The Hall–Kier alpha value is -2.33. The predicted octanol–water partition coefficient (Wildman–Crippen LogP) is 3.34. The third-order valence-electron chi connectivity index (χ3n) is 4.57. The van der Waals surface area contributed by atoms with Crippen LogP contribution in [0.3, 0.4) is 0 Å². The number of aliphatic hydroxyl groups excluding tert-OH is 1. The monoisotopic (exact) mass is 295 g/mol. The van der Waals surface area contributed by atoms with Crippen molar-refractivity contribution in [2.24, 2.45) is 0 Å². The zero-order valence-electron chi connectivity index (χ0n) is 12.3. The van der Waals surface area contributed by atoms with E-state index >= 15 is 0 Å². The Labute approximate surface area is 128 Å². The standard InChI is InChI=1S/C18H17NO3/c1-2-22-18(21)19-15-11-7-3-4-8-12(11)16(19)17(20)14-10-6-5-9-13(14)15/h3-10,15-17,20H,2H2,1H3/t15?,16?,17-/m1/s1. The van der Waals surface area contributed by atoms with E-state index in [1.54, 1.807) is 11.8 Å². The van der Waals surface area contributed by atoms with Crippen LogP contribution in [0.2, 0.25) is 0 Å². The summed E-state index contributed by atoms with van der Waals surface area (Å²) in [4.78, 5) is 14.2. The Kier molecular flexibility index (Phi) is 2.94. The van der Waals surface area contributed by atoms with Crippen LogP contribution in [0.15, 0.2) is 48.5 Å². The zero-order chi connectivity index (χ0) is 15.3. The summed E-state index contributed by atoms with van der Waals surface area (Å²) in [5.41, 5.74) is 3.95. The first-order chi connectivity index (χ1) is 10.7. The number of fused-ring (bicyclic) bond motifs is 7. The second kappa shape index (κ2) is 4.85. The highest BCUT2D eigenvalue weighted by atomic mass is 16.6. The van der Waals surface area contributed by atoms with Gasteiger partial charge >= 0.3 is 6.09 Å². The van der Waals surface area contributed by atoms with Gasteiger partial charge in [0.25, 0.3) is 0 Å². The van der Waals surface area contributed by atoms with Crippen molar-refractivity contribution in [1.29, 1.82) is 0 Å². The molecule has 2 aromatic rings. The van der Waals surface area contributed by atoms with Crippen LogP contribution in [0.4, 0.5) is 4.79 Å². The lowest BCUT2D eigenvalue weighted by Gasteiger charge is -2.38. The number of aliphatic hydroxyl groups is 1. The smallest absolute Gasteiger partial charge is 0.411 e. The molecular formula is C18H17NO3. The summed E-state index contributed by atoms with van der Waals surface area (Å²) in [6.45, 7) is 2.12. The molecule has 4 rings (SSSR count). The fraction of sp³-hybridized carbons (Fsp3) is 0.278. The summed E-state index contributed by atoms with van der Waals surface area (Å²) in [5, 5.41) is 10.8. The minimum absolute atomic E-state index is 0.181. The first-order valence-electron chi connectivity index (χ1n) is 7.54. The molecule has 112 valence electrons. The van der Waals surface area contributed by atoms with Gasteiger partial charge in [-0.15, -0.1) is 0 Å². The van der Waals surface area contributed by atoms with E-state index in [1.165, 1.54) is 0 Å². The minimum Gasteiger partial charge on any atom is -0.450 e. The van der Waals surface area contributed by atoms with Gasteiger partial charge in [0.1, 0.15) is 6.10 Å². The van der Waals surface area contributed by atoms with Gasteiger partial charge in [-0.05, 0) is 29.2 Å². The Morgan fingerprint density at radius 3 is 2.23 bits per heavy atom. The average Bonchev–Trinajstić information content (AvgIpc) is 2.84. The summed E-state index contributed by atoms with van der Waals surface area (Å²) in [7, 11) is 0. The maximum absolute atomic E-state index is 12.5. The molecule has 0 radical (unpaired) electrons. The molecule has 1 amide bonds. The van der Waals surface area contributed by atoms with Gasteiger partial charge in [-0.3, -0.25) is 4.90 Å². The second-order valence-corrected chi connectivity index (χ2v) is 5.66. The van der Waals surface area contributed by atoms with Crippen molar-refractivity contribution in [1.82, 2.24) is 4.90 Å². The van der Waals surface area contributed by atoms with Crippen molar-refractivity contribution in [2.45, 2.75) is 25.1 Å². The molecule has 0 spiro atoms. The number of rotatable bonds is 1. The predicted molar refractivity (Wildman–Crippen MR) is 81.3 cm³/mol. The molecule has 0 saturated heterocycles. The molecule has 0 aromatic heterocycles. The third-order valence-corrected chi connectivity index (χ3v) is 4.57. The number of nitrogens with zero attached hydrogens (tertiary/aromatic N) is 1. The van der Waals surface area contributed by atoms with Gasteiger partial charge in [-0.1, -0.05) is 48.5 Å². The molecule has 4 nitrogen and oxygen atoms in total. The van der Waals surface area contributed by atoms with Gasteiger partial charge in [0.05, 0.1) is 18.7 Å². The summed E-state index contributed by atoms with van der Waals surface area (Å²) in [6, 6.07) is 15.2. The molecule has 0 aliphatic carbocycles. The first kappa shape index (κ1) is 13.3. The highest BCUT2D eigenvalue weighted by Crippen LogP contribution is 2.55. The Balaban J connectivity index is 1.94. The van der Waals surface area contributed by atoms with E-state index in [2.05, 4.69) is 0 Å². The lowest BCUT2D eigenvalue weighted by atomic mass is 9.90. The van der Waals surface area contributed by atoms with Crippen molar-refractivity contribution >= 4 is 6.09 Å². The first-order valence-corrected chi connectivity index (χ1v) is 7.54. The second-order valence-electron chi connectivity index (χ2n) is 5.66.